The number of amides is 1. The maximum atomic E-state index is 11.9. The fraction of sp³-hybridized carbons (Fsp3) is 0.462. The molecule has 1 aromatic rings. The smallest absolute Gasteiger partial charge is 0.226 e. The minimum Gasteiger partial charge on any atom is -0.508 e. The van der Waals surface area contributed by atoms with Crippen molar-refractivity contribution >= 4 is 11.6 Å². The number of nitrogens with one attached hydrogen (secondary N) is 1. The van der Waals surface area contributed by atoms with Gasteiger partial charge in [-0.25, -0.2) is 0 Å². The number of hydrogen-bond donors (Lipinski definition) is 3. The predicted molar refractivity (Wildman–Crippen MR) is 67.9 cm³/mol. The number of anilines is 1. The van der Waals surface area contributed by atoms with Crippen LogP contribution in [0.4, 0.5) is 5.69 Å². The van der Waals surface area contributed by atoms with Crippen LogP contribution < -0.4 is 11.1 Å². The van der Waals surface area contributed by atoms with Gasteiger partial charge in [0.15, 0.2) is 0 Å². The number of nitrogens with two attached hydrogens (primary N) is 1. The number of phenolic OH excluding ortho intramolecular Hbond substituents is 1. The van der Waals surface area contributed by atoms with Crippen LogP contribution in [0.25, 0.3) is 0 Å². The van der Waals surface area contributed by atoms with E-state index in [0.29, 0.717) is 17.9 Å². The summed E-state index contributed by atoms with van der Waals surface area (Å²) in [6.07, 6.45) is 0.704. The first-order chi connectivity index (χ1) is 8.58. The molecule has 2 atom stereocenters. The highest BCUT2D eigenvalue weighted by molar-refractivity contribution is 5.79. The largest absolute Gasteiger partial charge is 0.508 e. The average Bonchev–Trinajstić information content (AvgIpc) is 2.76. The molecule has 5 heteroatoms. The molecule has 1 aromatic carbocycles. The number of nitrogen functional groups attached to an aromatic ring is 1. The molecule has 1 saturated heterocycles. The minimum absolute atomic E-state index is 0.0400. The van der Waals surface area contributed by atoms with Crippen molar-refractivity contribution in [2.24, 2.45) is 5.92 Å². The highest BCUT2D eigenvalue weighted by Gasteiger charge is 2.30. The molecule has 1 fully saturated rings. The van der Waals surface area contributed by atoms with Gasteiger partial charge in [0.25, 0.3) is 0 Å². The van der Waals surface area contributed by atoms with Crippen LogP contribution in [0.15, 0.2) is 18.2 Å². The van der Waals surface area contributed by atoms with Crippen LogP contribution in [-0.2, 0) is 16.1 Å². The van der Waals surface area contributed by atoms with Crippen LogP contribution in [0.2, 0.25) is 0 Å². The second-order valence-electron chi connectivity index (χ2n) is 4.58. The lowest BCUT2D eigenvalue weighted by Gasteiger charge is -2.14. The van der Waals surface area contributed by atoms with Crippen LogP contribution in [-0.4, -0.2) is 23.7 Å². The lowest BCUT2D eigenvalue weighted by molar-refractivity contribution is -0.126. The van der Waals surface area contributed by atoms with Gasteiger partial charge in [0.2, 0.25) is 5.91 Å². The van der Waals surface area contributed by atoms with Gasteiger partial charge >= 0.3 is 0 Å². The Morgan fingerprint density at radius 2 is 2.39 bits per heavy atom. The third kappa shape index (κ3) is 2.73. The topological polar surface area (TPSA) is 84.6 Å². The van der Waals surface area contributed by atoms with Gasteiger partial charge in [-0.3, -0.25) is 4.79 Å². The highest BCUT2D eigenvalue weighted by atomic mass is 16.5. The number of aromatic hydroxyl groups is 1. The van der Waals surface area contributed by atoms with Crippen molar-refractivity contribution < 1.29 is 14.6 Å². The lowest BCUT2D eigenvalue weighted by Crippen LogP contribution is -2.33. The van der Waals surface area contributed by atoms with Gasteiger partial charge in [-0.1, -0.05) is 0 Å². The van der Waals surface area contributed by atoms with Crippen LogP contribution in [0, 0.1) is 5.92 Å². The summed E-state index contributed by atoms with van der Waals surface area (Å²) in [6.45, 7) is 2.80. The summed E-state index contributed by atoms with van der Waals surface area (Å²) in [5, 5.41) is 12.4. The summed E-state index contributed by atoms with van der Waals surface area (Å²) in [4.78, 5) is 11.9. The van der Waals surface area contributed by atoms with E-state index in [1.54, 1.807) is 12.1 Å². The van der Waals surface area contributed by atoms with Crippen LogP contribution in [0.3, 0.4) is 0 Å². The molecule has 2 rings (SSSR count). The maximum absolute atomic E-state index is 11.9. The molecule has 2 unspecified atom stereocenters. The molecule has 0 saturated carbocycles. The monoisotopic (exact) mass is 250 g/mol. The molecule has 0 spiro atoms. The Morgan fingerprint density at radius 1 is 1.61 bits per heavy atom. The molecule has 1 aliphatic heterocycles. The minimum atomic E-state index is -0.104. The molecule has 18 heavy (non-hydrogen) atoms. The lowest BCUT2D eigenvalue weighted by atomic mass is 10.0. The number of benzene rings is 1. The number of rotatable bonds is 3. The summed E-state index contributed by atoms with van der Waals surface area (Å²) < 4.78 is 5.35. The van der Waals surface area contributed by atoms with Gasteiger partial charge in [-0.2, -0.15) is 0 Å². The Kier molecular flexibility index (Phi) is 3.72. The van der Waals surface area contributed by atoms with Crippen molar-refractivity contribution in [1.82, 2.24) is 5.32 Å². The predicted octanol–water partition coefficient (Wildman–Crippen LogP) is 1.02. The molecule has 0 bridgehead atoms. The van der Waals surface area contributed by atoms with E-state index in [9.17, 15) is 9.90 Å². The summed E-state index contributed by atoms with van der Waals surface area (Å²) in [6, 6.07) is 4.80. The van der Waals surface area contributed by atoms with Crippen LogP contribution in [0.5, 0.6) is 5.75 Å². The highest BCUT2D eigenvalue weighted by Crippen LogP contribution is 2.22. The molecule has 4 N–H and O–H groups in total. The van der Waals surface area contributed by atoms with E-state index in [1.807, 2.05) is 6.92 Å². The molecular weight excluding hydrogens is 232 g/mol. The summed E-state index contributed by atoms with van der Waals surface area (Å²) in [5.41, 5.74) is 6.82. The molecule has 1 aliphatic rings. The van der Waals surface area contributed by atoms with Gasteiger partial charge in [-0.05, 0) is 31.5 Å². The zero-order valence-electron chi connectivity index (χ0n) is 10.3. The first-order valence-corrected chi connectivity index (χ1v) is 6.04. The number of ether oxygens (including phenoxy) is 1. The third-order valence-corrected chi connectivity index (χ3v) is 3.27. The van der Waals surface area contributed by atoms with E-state index in [4.69, 9.17) is 10.5 Å². The Hall–Kier alpha value is -1.75. The van der Waals surface area contributed by atoms with Gasteiger partial charge in [0, 0.05) is 24.4 Å². The summed E-state index contributed by atoms with van der Waals surface area (Å²) >= 11 is 0. The molecule has 98 valence electrons. The summed E-state index contributed by atoms with van der Waals surface area (Å²) in [5.74, 6) is -0.00440. The van der Waals surface area contributed by atoms with Crippen molar-refractivity contribution in [2.45, 2.75) is 26.0 Å². The number of carbonyl (C=O) groups is 1. The van der Waals surface area contributed by atoms with Gasteiger partial charge in [0.05, 0.1) is 12.0 Å². The zero-order valence-corrected chi connectivity index (χ0v) is 10.3. The van der Waals surface area contributed by atoms with E-state index in [0.717, 1.165) is 6.42 Å². The van der Waals surface area contributed by atoms with E-state index in [-0.39, 0.29) is 30.2 Å². The Labute approximate surface area is 106 Å². The van der Waals surface area contributed by atoms with Crippen molar-refractivity contribution in [1.29, 1.82) is 0 Å². The quantitative estimate of drug-likeness (QED) is 0.552. The second-order valence-corrected chi connectivity index (χ2v) is 4.58. The fourth-order valence-corrected chi connectivity index (χ4v) is 2.14. The molecular formula is C13H18N2O3. The van der Waals surface area contributed by atoms with Gasteiger partial charge in [-0.15, -0.1) is 0 Å². The van der Waals surface area contributed by atoms with E-state index in [1.165, 1.54) is 6.07 Å². The normalized spacial score (nSPS) is 22.9. The SMILES string of the molecule is CC1OCCC1C(=O)NCc1cc(N)ccc1O. The van der Waals surface area contributed by atoms with Crippen molar-refractivity contribution in [3.63, 3.8) is 0 Å². The van der Waals surface area contributed by atoms with Crippen molar-refractivity contribution in [2.75, 3.05) is 12.3 Å². The standard InChI is InChI=1S/C13H18N2O3/c1-8-11(4-5-18-8)13(17)15-7-9-6-10(14)2-3-12(9)16/h2-3,6,8,11,16H,4-5,7,14H2,1H3,(H,15,17). The Morgan fingerprint density at radius 3 is 3.06 bits per heavy atom. The Bertz CT molecular complexity index is 448. The molecule has 0 aromatic heterocycles. The Balaban J connectivity index is 1.95. The molecule has 1 amide bonds. The number of hydrogen-bond acceptors (Lipinski definition) is 4. The van der Waals surface area contributed by atoms with Crippen molar-refractivity contribution in [3.05, 3.63) is 23.8 Å². The molecule has 0 aliphatic carbocycles. The van der Waals surface area contributed by atoms with E-state index >= 15 is 0 Å². The second kappa shape index (κ2) is 5.27. The molecule has 5 nitrogen and oxygen atoms in total. The number of phenols is 1. The van der Waals surface area contributed by atoms with E-state index in [2.05, 4.69) is 5.32 Å². The van der Waals surface area contributed by atoms with Crippen molar-refractivity contribution in [3.8, 4) is 5.75 Å². The average molecular weight is 250 g/mol. The third-order valence-electron chi connectivity index (χ3n) is 3.27. The summed E-state index contributed by atoms with van der Waals surface area (Å²) in [7, 11) is 0. The zero-order chi connectivity index (χ0) is 13.1. The van der Waals surface area contributed by atoms with Gasteiger partial charge < -0.3 is 20.9 Å². The van der Waals surface area contributed by atoms with Crippen LogP contribution >= 0.6 is 0 Å². The maximum Gasteiger partial charge on any atom is 0.226 e. The number of carbonyl (C=O) groups excluding carboxylic acids is 1. The van der Waals surface area contributed by atoms with Crippen LogP contribution in [0.1, 0.15) is 18.9 Å². The molecule has 1 heterocycles. The van der Waals surface area contributed by atoms with Gasteiger partial charge in [0.1, 0.15) is 5.75 Å². The fourth-order valence-electron chi connectivity index (χ4n) is 2.14. The first-order valence-electron chi connectivity index (χ1n) is 6.04. The molecule has 0 radical (unpaired) electrons. The first kappa shape index (κ1) is 12.7. The van der Waals surface area contributed by atoms with E-state index < -0.39 is 0 Å².